The number of nitrogens with zero attached hydrogens (tertiary/aromatic N) is 3. The van der Waals surface area contributed by atoms with Gasteiger partial charge < -0.3 is 24.7 Å². The fraction of sp³-hybridized carbons (Fsp3) is 0.500. The SMILES string of the molecule is COC(=O)c1ncc(N)nc1N1CCC2(CC1)Oc1ccccc1[C@H]2N[S@+]([O-])C(C)(C)C. The maximum absolute atomic E-state index is 13.0. The van der Waals surface area contributed by atoms with E-state index in [9.17, 15) is 9.35 Å². The largest absolute Gasteiger partial charge is 0.598 e. The van der Waals surface area contributed by atoms with Crippen LogP contribution in [0.25, 0.3) is 0 Å². The van der Waals surface area contributed by atoms with Gasteiger partial charge in [-0.25, -0.2) is 14.8 Å². The Morgan fingerprint density at radius 2 is 2.03 bits per heavy atom. The van der Waals surface area contributed by atoms with E-state index < -0.39 is 27.7 Å². The normalized spacial score (nSPS) is 20.5. The van der Waals surface area contributed by atoms with Gasteiger partial charge in [-0.3, -0.25) is 0 Å². The van der Waals surface area contributed by atoms with E-state index in [2.05, 4.69) is 14.7 Å². The molecule has 0 amide bonds. The minimum absolute atomic E-state index is 0.136. The van der Waals surface area contributed by atoms with Gasteiger partial charge in [-0.2, -0.15) is 0 Å². The van der Waals surface area contributed by atoms with Gasteiger partial charge in [0.2, 0.25) is 0 Å². The van der Waals surface area contributed by atoms with Crippen LogP contribution in [0.4, 0.5) is 11.6 Å². The highest BCUT2D eigenvalue weighted by Gasteiger charge is 2.53. The predicted octanol–water partition coefficient (Wildman–Crippen LogP) is 2.37. The van der Waals surface area contributed by atoms with Crippen molar-refractivity contribution in [1.29, 1.82) is 0 Å². The molecule has 10 heteroatoms. The number of benzene rings is 1. The molecule has 2 aliphatic heterocycles. The predicted molar refractivity (Wildman–Crippen MR) is 123 cm³/mol. The molecule has 1 aromatic heterocycles. The Bertz CT molecular complexity index is 1000. The third-order valence-electron chi connectivity index (χ3n) is 5.91. The lowest BCUT2D eigenvalue weighted by atomic mass is 9.83. The molecule has 0 unspecified atom stereocenters. The van der Waals surface area contributed by atoms with Crippen molar-refractivity contribution >= 4 is 29.0 Å². The summed E-state index contributed by atoms with van der Waals surface area (Å²) < 4.78 is 27.3. The summed E-state index contributed by atoms with van der Waals surface area (Å²) in [5.41, 5.74) is 6.44. The summed E-state index contributed by atoms with van der Waals surface area (Å²) in [6.07, 6.45) is 2.62. The van der Waals surface area contributed by atoms with Crippen molar-refractivity contribution < 1.29 is 18.8 Å². The Labute approximate surface area is 191 Å². The Kier molecular flexibility index (Phi) is 5.95. The third kappa shape index (κ3) is 4.10. The zero-order chi connectivity index (χ0) is 23.1. The number of hydrogen-bond acceptors (Lipinski definition) is 9. The maximum Gasteiger partial charge on any atom is 0.360 e. The van der Waals surface area contributed by atoms with Gasteiger partial charge in [-0.05, 0) is 26.8 Å². The molecule has 9 nitrogen and oxygen atoms in total. The number of hydrogen-bond donors (Lipinski definition) is 2. The number of esters is 1. The third-order valence-corrected chi connectivity index (χ3v) is 7.47. The van der Waals surface area contributed by atoms with Crippen molar-refractivity contribution in [1.82, 2.24) is 14.7 Å². The number of piperidine rings is 1. The van der Waals surface area contributed by atoms with Crippen molar-refractivity contribution in [3.63, 3.8) is 0 Å². The number of nitrogens with two attached hydrogens (primary N) is 1. The second-order valence-corrected chi connectivity index (χ2v) is 11.1. The quantitative estimate of drug-likeness (QED) is 0.523. The summed E-state index contributed by atoms with van der Waals surface area (Å²) in [6, 6.07) is 7.66. The van der Waals surface area contributed by atoms with Crippen molar-refractivity contribution in [2.75, 3.05) is 30.8 Å². The topological polar surface area (TPSA) is 126 Å². The van der Waals surface area contributed by atoms with Gasteiger partial charge in [-0.15, -0.1) is 4.72 Å². The first kappa shape index (κ1) is 22.6. The van der Waals surface area contributed by atoms with Crippen molar-refractivity contribution in [2.24, 2.45) is 0 Å². The van der Waals surface area contributed by atoms with E-state index in [1.807, 2.05) is 49.9 Å². The lowest BCUT2D eigenvalue weighted by molar-refractivity contribution is 0.0378. The number of aromatic nitrogens is 2. The first-order valence-corrected chi connectivity index (χ1v) is 11.7. The smallest absolute Gasteiger partial charge is 0.360 e. The number of nitrogens with one attached hydrogen (secondary N) is 1. The Morgan fingerprint density at radius 3 is 2.69 bits per heavy atom. The first-order chi connectivity index (χ1) is 15.1. The second kappa shape index (κ2) is 8.42. The standard InChI is InChI=1S/C22H29N5O4S/c1-21(2,3)32(29)26-18-14-7-5-6-8-15(14)31-22(18)9-11-27(12-10-22)19-17(20(28)30-4)24-13-16(23)25-19/h5-8,13,18,26H,9-12H2,1-4H3,(H2,23,25)/t18-,32-/m1/s1. The minimum Gasteiger partial charge on any atom is -0.598 e. The van der Waals surface area contributed by atoms with E-state index in [1.165, 1.54) is 13.3 Å². The minimum atomic E-state index is -1.26. The highest BCUT2D eigenvalue weighted by molar-refractivity contribution is 7.90. The zero-order valence-corrected chi connectivity index (χ0v) is 19.6. The molecule has 3 N–H and O–H groups in total. The van der Waals surface area contributed by atoms with E-state index in [1.54, 1.807) is 0 Å². The number of rotatable bonds is 4. The molecule has 2 aromatic rings. The fourth-order valence-corrected chi connectivity index (χ4v) is 5.08. The van der Waals surface area contributed by atoms with Gasteiger partial charge in [0.25, 0.3) is 0 Å². The molecule has 172 valence electrons. The summed E-state index contributed by atoms with van der Waals surface area (Å²) in [5.74, 6) is 0.892. The first-order valence-electron chi connectivity index (χ1n) is 10.6. The van der Waals surface area contributed by atoms with Gasteiger partial charge >= 0.3 is 5.97 Å². The number of carbonyl (C=O) groups is 1. The molecular weight excluding hydrogens is 430 g/mol. The number of nitrogen functional groups attached to an aromatic ring is 1. The molecule has 0 bridgehead atoms. The Hall–Kier alpha value is -2.56. The number of carbonyl (C=O) groups excluding carboxylic acids is 1. The number of fused-ring (bicyclic) bond motifs is 1. The van der Waals surface area contributed by atoms with Crippen LogP contribution in [0.1, 0.15) is 55.7 Å². The van der Waals surface area contributed by atoms with Crippen LogP contribution in [0.3, 0.4) is 0 Å². The number of para-hydroxylation sites is 1. The summed E-state index contributed by atoms with van der Waals surface area (Å²) in [5, 5.41) is 0. The molecule has 1 aromatic carbocycles. The van der Waals surface area contributed by atoms with Crippen LogP contribution < -0.4 is 20.1 Å². The second-order valence-electron chi connectivity index (χ2n) is 9.08. The van der Waals surface area contributed by atoms with Crippen LogP contribution in [0.15, 0.2) is 30.5 Å². The van der Waals surface area contributed by atoms with Gasteiger partial charge in [-0.1, -0.05) is 18.2 Å². The zero-order valence-electron chi connectivity index (χ0n) is 18.8. The lowest BCUT2D eigenvalue weighted by Gasteiger charge is -2.43. The molecule has 0 saturated carbocycles. The van der Waals surface area contributed by atoms with Crippen LogP contribution in [0, 0.1) is 0 Å². The van der Waals surface area contributed by atoms with Crippen LogP contribution >= 0.6 is 0 Å². The van der Waals surface area contributed by atoms with Crippen molar-refractivity contribution in [3.05, 3.63) is 41.7 Å². The lowest BCUT2D eigenvalue weighted by Crippen LogP contribution is -2.55. The fourth-order valence-electron chi connectivity index (χ4n) is 4.17. The highest BCUT2D eigenvalue weighted by atomic mass is 32.2. The maximum atomic E-state index is 13.0. The molecule has 1 spiro atoms. The van der Waals surface area contributed by atoms with Crippen LogP contribution in [-0.4, -0.2) is 51.0 Å². The monoisotopic (exact) mass is 459 g/mol. The van der Waals surface area contributed by atoms with E-state index in [-0.39, 0.29) is 17.6 Å². The van der Waals surface area contributed by atoms with Crippen molar-refractivity contribution in [2.45, 2.75) is 50.0 Å². The molecule has 2 atom stereocenters. The van der Waals surface area contributed by atoms with Crippen LogP contribution in [0.5, 0.6) is 5.75 Å². The molecule has 32 heavy (non-hydrogen) atoms. The summed E-state index contributed by atoms with van der Waals surface area (Å²) in [4.78, 5) is 22.7. The van der Waals surface area contributed by atoms with E-state index in [0.717, 1.165) is 11.3 Å². The molecule has 0 radical (unpaired) electrons. The average molecular weight is 460 g/mol. The number of anilines is 2. The molecule has 1 saturated heterocycles. The molecule has 1 fully saturated rings. The van der Waals surface area contributed by atoms with Gasteiger partial charge in [0, 0.05) is 42.9 Å². The highest BCUT2D eigenvalue weighted by Crippen LogP contribution is 2.49. The average Bonchev–Trinajstić information content (AvgIpc) is 3.05. The van der Waals surface area contributed by atoms with Crippen LogP contribution in [-0.2, 0) is 16.1 Å². The van der Waals surface area contributed by atoms with Gasteiger partial charge in [0.1, 0.15) is 28.0 Å². The van der Waals surface area contributed by atoms with Gasteiger partial charge in [0.15, 0.2) is 11.5 Å². The molecule has 2 aliphatic rings. The Balaban J connectivity index is 1.60. The van der Waals surface area contributed by atoms with E-state index >= 15 is 0 Å². The van der Waals surface area contributed by atoms with Crippen molar-refractivity contribution in [3.8, 4) is 5.75 Å². The summed E-state index contributed by atoms with van der Waals surface area (Å²) >= 11 is -1.26. The summed E-state index contributed by atoms with van der Waals surface area (Å²) in [7, 11) is 1.31. The molecule has 0 aliphatic carbocycles. The molecular formula is C22H29N5O4S. The van der Waals surface area contributed by atoms with E-state index in [4.69, 9.17) is 15.2 Å². The Morgan fingerprint density at radius 1 is 1.34 bits per heavy atom. The van der Waals surface area contributed by atoms with E-state index in [0.29, 0.717) is 31.7 Å². The molecule has 4 rings (SSSR count). The molecule has 3 heterocycles. The summed E-state index contributed by atoms with van der Waals surface area (Å²) in [6.45, 7) is 6.96. The van der Waals surface area contributed by atoms with Gasteiger partial charge in [0.05, 0.1) is 13.3 Å². The number of ether oxygens (including phenoxy) is 2. The number of methoxy groups -OCH3 is 1. The van der Waals surface area contributed by atoms with Crippen LogP contribution in [0.2, 0.25) is 0 Å².